The number of amides is 1. The zero-order valence-corrected chi connectivity index (χ0v) is 14.3. The SMILES string of the molecule is COc1cc(CCC(=O)N2CC(C)OC(C)C2)cc(N)c1OC. The van der Waals surface area contributed by atoms with Crippen molar-refractivity contribution in [2.75, 3.05) is 33.0 Å². The summed E-state index contributed by atoms with van der Waals surface area (Å²) in [7, 11) is 3.13. The van der Waals surface area contributed by atoms with Crippen molar-refractivity contribution < 1.29 is 19.0 Å². The molecule has 2 rings (SSSR count). The summed E-state index contributed by atoms with van der Waals surface area (Å²) in [4.78, 5) is 14.3. The number of aryl methyl sites for hydroxylation is 1. The lowest BCUT2D eigenvalue weighted by Gasteiger charge is -2.35. The summed E-state index contributed by atoms with van der Waals surface area (Å²) in [5.41, 5.74) is 7.45. The van der Waals surface area contributed by atoms with Crippen molar-refractivity contribution in [1.29, 1.82) is 0 Å². The second kappa shape index (κ2) is 7.55. The third-order valence-electron chi connectivity index (χ3n) is 3.97. The summed E-state index contributed by atoms with van der Waals surface area (Å²) in [6, 6.07) is 3.70. The lowest BCUT2D eigenvalue weighted by molar-refractivity contribution is -0.143. The minimum atomic E-state index is 0.0828. The molecule has 0 saturated carbocycles. The Kier molecular flexibility index (Phi) is 5.71. The summed E-state index contributed by atoms with van der Waals surface area (Å²) >= 11 is 0. The predicted octanol–water partition coefficient (Wildman–Crippen LogP) is 1.85. The van der Waals surface area contributed by atoms with Gasteiger partial charge in [-0.15, -0.1) is 0 Å². The van der Waals surface area contributed by atoms with Crippen LogP contribution in [0.1, 0.15) is 25.8 Å². The second-order valence-corrected chi connectivity index (χ2v) is 5.98. The van der Waals surface area contributed by atoms with Gasteiger partial charge in [0.25, 0.3) is 0 Å². The van der Waals surface area contributed by atoms with Crippen LogP contribution in [0.2, 0.25) is 0 Å². The number of methoxy groups -OCH3 is 2. The molecule has 128 valence electrons. The first kappa shape index (κ1) is 17.4. The van der Waals surface area contributed by atoms with Gasteiger partial charge in [0.1, 0.15) is 0 Å². The first-order valence-corrected chi connectivity index (χ1v) is 7.88. The highest BCUT2D eigenvalue weighted by Crippen LogP contribution is 2.34. The highest BCUT2D eigenvalue weighted by molar-refractivity contribution is 5.77. The van der Waals surface area contributed by atoms with E-state index in [4.69, 9.17) is 19.9 Å². The van der Waals surface area contributed by atoms with Crippen molar-refractivity contribution in [3.63, 3.8) is 0 Å². The Morgan fingerprint density at radius 1 is 1.26 bits per heavy atom. The fraction of sp³-hybridized carbons (Fsp3) is 0.588. The van der Waals surface area contributed by atoms with Crippen molar-refractivity contribution in [1.82, 2.24) is 4.90 Å². The van der Waals surface area contributed by atoms with Gasteiger partial charge in [-0.25, -0.2) is 0 Å². The topological polar surface area (TPSA) is 74.0 Å². The van der Waals surface area contributed by atoms with Crippen LogP contribution in [0.5, 0.6) is 11.5 Å². The fourth-order valence-corrected chi connectivity index (χ4v) is 2.99. The van der Waals surface area contributed by atoms with Gasteiger partial charge < -0.3 is 24.8 Å². The number of nitrogen functional groups attached to an aromatic ring is 1. The van der Waals surface area contributed by atoms with Crippen molar-refractivity contribution in [3.8, 4) is 11.5 Å². The minimum Gasteiger partial charge on any atom is -0.493 e. The Morgan fingerprint density at radius 3 is 2.48 bits per heavy atom. The smallest absolute Gasteiger partial charge is 0.223 e. The summed E-state index contributed by atoms with van der Waals surface area (Å²) in [5.74, 6) is 1.25. The van der Waals surface area contributed by atoms with Crippen molar-refractivity contribution >= 4 is 11.6 Å². The normalized spacial score (nSPS) is 21.1. The van der Waals surface area contributed by atoms with Crippen LogP contribution in [0.15, 0.2) is 12.1 Å². The average Bonchev–Trinajstić information content (AvgIpc) is 2.50. The number of anilines is 1. The highest BCUT2D eigenvalue weighted by atomic mass is 16.5. The summed E-state index contributed by atoms with van der Waals surface area (Å²) < 4.78 is 16.2. The molecule has 0 spiro atoms. The Balaban J connectivity index is 2.00. The number of carbonyl (C=O) groups excluding carboxylic acids is 1. The largest absolute Gasteiger partial charge is 0.493 e. The molecule has 1 heterocycles. The monoisotopic (exact) mass is 322 g/mol. The maximum atomic E-state index is 12.4. The number of carbonyl (C=O) groups is 1. The van der Waals surface area contributed by atoms with Crippen LogP contribution >= 0.6 is 0 Å². The Hall–Kier alpha value is -1.95. The molecule has 1 aromatic rings. The standard InChI is InChI=1S/C17H26N2O4/c1-11-9-19(10-12(2)23-11)16(20)6-5-13-7-14(18)17(22-4)15(8-13)21-3/h7-8,11-12H,5-6,9-10,18H2,1-4H3. The van der Waals surface area contributed by atoms with Gasteiger partial charge >= 0.3 is 0 Å². The van der Waals surface area contributed by atoms with E-state index >= 15 is 0 Å². The fourth-order valence-electron chi connectivity index (χ4n) is 2.99. The summed E-state index contributed by atoms with van der Waals surface area (Å²) in [6.07, 6.45) is 1.22. The zero-order chi connectivity index (χ0) is 17.0. The van der Waals surface area contributed by atoms with Gasteiger partial charge in [0, 0.05) is 19.5 Å². The Bertz CT molecular complexity index is 552. The van der Waals surface area contributed by atoms with E-state index in [-0.39, 0.29) is 18.1 Å². The van der Waals surface area contributed by atoms with Crippen molar-refractivity contribution in [2.45, 2.75) is 38.9 Å². The molecule has 0 aliphatic carbocycles. The Labute approximate surface area is 137 Å². The van der Waals surface area contributed by atoms with Crippen LogP contribution in [-0.4, -0.2) is 50.3 Å². The van der Waals surface area contributed by atoms with E-state index in [1.165, 1.54) is 0 Å². The van der Waals surface area contributed by atoms with Gasteiger partial charge in [-0.3, -0.25) is 4.79 Å². The van der Waals surface area contributed by atoms with Crippen LogP contribution in [0.4, 0.5) is 5.69 Å². The molecule has 2 unspecified atom stereocenters. The van der Waals surface area contributed by atoms with Gasteiger partial charge in [0.2, 0.25) is 5.91 Å². The molecule has 1 aromatic carbocycles. The highest BCUT2D eigenvalue weighted by Gasteiger charge is 2.25. The van der Waals surface area contributed by atoms with Gasteiger partial charge in [0.05, 0.1) is 32.1 Å². The number of nitrogens with two attached hydrogens (primary N) is 1. The van der Waals surface area contributed by atoms with Gasteiger partial charge in [-0.05, 0) is 38.0 Å². The number of ether oxygens (including phenoxy) is 3. The van der Waals surface area contributed by atoms with E-state index in [2.05, 4.69) is 0 Å². The maximum absolute atomic E-state index is 12.4. The third-order valence-corrected chi connectivity index (χ3v) is 3.97. The third kappa shape index (κ3) is 4.28. The van der Waals surface area contributed by atoms with E-state index in [0.29, 0.717) is 43.1 Å². The zero-order valence-electron chi connectivity index (χ0n) is 14.3. The number of rotatable bonds is 5. The lowest BCUT2D eigenvalue weighted by atomic mass is 10.1. The van der Waals surface area contributed by atoms with Gasteiger partial charge in [-0.2, -0.15) is 0 Å². The first-order valence-electron chi connectivity index (χ1n) is 7.88. The molecule has 2 N–H and O–H groups in total. The number of morpholine rings is 1. The number of hydrogen-bond acceptors (Lipinski definition) is 5. The molecule has 1 saturated heterocycles. The molecule has 23 heavy (non-hydrogen) atoms. The van der Waals surface area contributed by atoms with E-state index in [1.54, 1.807) is 14.2 Å². The molecular weight excluding hydrogens is 296 g/mol. The van der Waals surface area contributed by atoms with Crippen molar-refractivity contribution in [3.05, 3.63) is 17.7 Å². The van der Waals surface area contributed by atoms with Crippen LogP contribution in [0.3, 0.4) is 0 Å². The summed E-state index contributed by atoms with van der Waals surface area (Å²) in [6.45, 7) is 5.28. The number of hydrogen-bond donors (Lipinski definition) is 1. The van der Waals surface area contributed by atoms with Crippen LogP contribution in [0.25, 0.3) is 0 Å². The molecule has 6 nitrogen and oxygen atoms in total. The van der Waals surface area contributed by atoms with E-state index in [1.807, 2.05) is 30.9 Å². The van der Waals surface area contributed by atoms with Crippen molar-refractivity contribution in [2.24, 2.45) is 0 Å². The predicted molar refractivity (Wildman–Crippen MR) is 88.9 cm³/mol. The second-order valence-electron chi connectivity index (χ2n) is 5.98. The molecule has 1 aliphatic heterocycles. The van der Waals surface area contributed by atoms with Gasteiger partial charge in [-0.1, -0.05) is 0 Å². The van der Waals surface area contributed by atoms with Crippen LogP contribution < -0.4 is 15.2 Å². The summed E-state index contributed by atoms with van der Waals surface area (Å²) in [5, 5.41) is 0. The van der Waals surface area contributed by atoms with Crippen LogP contribution in [-0.2, 0) is 16.0 Å². The average molecular weight is 322 g/mol. The first-order chi connectivity index (χ1) is 10.9. The molecule has 2 atom stereocenters. The van der Waals surface area contributed by atoms with Gasteiger partial charge in [0.15, 0.2) is 11.5 Å². The number of benzene rings is 1. The molecule has 1 aliphatic rings. The molecule has 1 fully saturated rings. The molecule has 0 radical (unpaired) electrons. The quantitative estimate of drug-likeness (QED) is 0.838. The van der Waals surface area contributed by atoms with E-state index in [9.17, 15) is 4.79 Å². The Morgan fingerprint density at radius 2 is 1.91 bits per heavy atom. The number of nitrogens with zero attached hydrogens (tertiary/aromatic N) is 1. The van der Waals surface area contributed by atoms with E-state index in [0.717, 1.165) is 5.56 Å². The molecule has 1 amide bonds. The molecule has 0 bridgehead atoms. The van der Waals surface area contributed by atoms with Crippen LogP contribution in [0, 0.1) is 0 Å². The lowest BCUT2D eigenvalue weighted by Crippen LogP contribution is -2.48. The maximum Gasteiger partial charge on any atom is 0.223 e. The molecule has 6 heteroatoms. The molecular formula is C17H26N2O4. The molecule has 0 aromatic heterocycles. The van der Waals surface area contributed by atoms with E-state index < -0.39 is 0 Å². The minimum absolute atomic E-state index is 0.0828.